The van der Waals surface area contributed by atoms with E-state index in [4.69, 9.17) is 0 Å². The van der Waals surface area contributed by atoms with Gasteiger partial charge in [0.15, 0.2) is 0 Å². The molecule has 1 atom stereocenters. The van der Waals surface area contributed by atoms with E-state index in [1.807, 2.05) is 26.0 Å². The second kappa shape index (κ2) is 9.47. The van der Waals surface area contributed by atoms with Crippen LogP contribution in [0, 0.1) is 11.8 Å². The zero-order chi connectivity index (χ0) is 21.9. The van der Waals surface area contributed by atoms with Crippen LogP contribution in [0.25, 0.3) is 0 Å². The lowest BCUT2D eigenvalue weighted by molar-refractivity contribution is -0.143. The molecule has 0 aromatic heterocycles. The number of piperidine rings is 1. The maximum Gasteiger partial charge on any atom is 0.326 e. The fourth-order valence-electron chi connectivity index (χ4n) is 4.36. The first-order valence-corrected chi connectivity index (χ1v) is 12.3. The number of carboxylic acids is 1. The summed E-state index contributed by atoms with van der Waals surface area (Å²) in [4.78, 5) is 24.3. The van der Waals surface area contributed by atoms with Crippen LogP contribution in [-0.2, 0) is 32.5 Å². The van der Waals surface area contributed by atoms with Crippen LogP contribution in [0.3, 0.4) is 0 Å². The van der Waals surface area contributed by atoms with Crippen LogP contribution < -0.4 is 5.32 Å². The van der Waals surface area contributed by atoms with Crippen molar-refractivity contribution >= 4 is 21.9 Å². The van der Waals surface area contributed by atoms with E-state index in [9.17, 15) is 23.1 Å². The Hall–Kier alpha value is -1.93. The van der Waals surface area contributed by atoms with Gasteiger partial charge in [-0.1, -0.05) is 19.9 Å². The van der Waals surface area contributed by atoms with E-state index in [0.29, 0.717) is 24.2 Å². The van der Waals surface area contributed by atoms with Gasteiger partial charge in [-0.15, -0.1) is 0 Å². The number of nitrogens with one attached hydrogen (secondary N) is 1. The van der Waals surface area contributed by atoms with E-state index in [0.717, 1.165) is 31.2 Å². The molecule has 2 aliphatic rings. The topological polar surface area (TPSA) is 104 Å². The molecule has 1 aliphatic heterocycles. The minimum Gasteiger partial charge on any atom is -0.480 e. The highest BCUT2D eigenvalue weighted by molar-refractivity contribution is 7.89. The Morgan fingerprint density at radius 3 is 2.37 bits per heavy atom. The number of aliphatic carboxylic acids is 1. The molecule has 30 heavy (non-hydrogen) atoms. The lowest BCUT2D eigenvalue weighted by Crippen LogP contribution is -2.47. The average molecular weight is 437 g/mol. The summed E-state index contributed by atoms with van der Waals surface area (Å²) >= 11 is 0. The fourth-order valence-corrected chi connectivity index (χ4v) is 5.88. The maximum absolute atomic E-state index is 13.1. The Morgan fingerprint density at radius 2 is 1.77 bits per heavy atom. The van der Waals surface area contributed by atoms with E-state index >= 15 is 0 Å². The third-order valence-electron chi connectivity index (χ3n) is 6.10. The molecular formula is C22H32N2O5S. The van der Waals surface area contributed by atoms with Gasteiger partial charge in [-0.25, -0.2) is 13.2 Å². The molecule has 8 heteroatoms. The van der Waals surface area contributed by atoms with Gasteiger partial charge < -0.3 is 10.4 Å². The maximum atomic E-state index is 13.1. The Labute approximate surface area is 178 Å². The predicted octanol–water partition coefficient (Wildman–Crippen LogP) is 2.58. The Bertz CT molecular complexity index is 889. The summed E-state index contributed by atoms with van der Waals surface area (Å²) in [5.41, 5.74) is 2.37. The molecule has 1 aliphatic carbocycles. The predicted molar refractivity (Wildman–Crippen MR) is 114 cm³/mol. The number of hydrogen-bond donors (Lipinski definition) is 2. The van der Waals surface area contributed by atoms with E-state index in [1.54, 1.807) is 6.07 Å². The summed E-state index contributed by atoms with van der Waals surface area (Å²) in [6.07, 6.45) is 5.31. The molecule has 0 saturated carbocycles. The van der Waals surface area contributed by atoms with Crippen LogP contribution in [-0.4, -0.2) is 48.8 Å². The van der Waals surface area contributed by atoms with Crippen LogP contribution in [0.1, 0.15) is 57.1 Å². The molecule has 1 saturated heterocycles. The van der Waals surface area contributed by atoms with Gasteiger partial charge in [-0.3, -0.25) is 4.79 Å². The van der Waals surface area contributed by atoms with E-state index in [-0.39, 0.29) is 30.8 Å². The van der Waals surface area contributed by atoms with Crippen LogP contribution in [0.4, 0.5) is 0 Å². The van der Waals surface area contributed by atoms with Gasteiger partial charge in [-0.05, 0) is 74.1 Å². The number of benzene rings is 1. The molecule has 0 bridgehead atoms. The molecule has 1 heterocycles. The van der Waals surface area contributed by atoms with Crippen molar-refractivity contribution in [1.82, 2.24) is 9.62 Å². The number of carbonyl (C=O) groups excluding carboxylic acids is 1. The fraction of sp³-hybridized carbons (Fsp3) is 0.636. The van der Waals surface area contributed by atoms with Gasteiger partial charge in [0.2, 0.25) is 15.9 Å². The molecule has 2 N–H and O–H groups in total. The standard InChI is InChI=1S/C22H32N2O5S/c1-15(2)13-20(22(26)27)23-21(25)17-9-11-24(12-10-17)30(28,29)19-8-7-16-5-3-4-6-18(16)14-19/h7-8,14-15,17,20H,3-6,9-13H2,1-2H3,(H,23,25)(H,26,27)/t20-/m1/s1. The third kappa shape index (κ3) is 5.21. The number of fused-ring (bicyclic) bond motifs is 1. The van der Waals surface area contributed by atoms with Gasteiger partial charge in [0.05, 0.1) is 4.90 Å². The smallest absolute Gasteiger partial charge is 0.326 e. The van der Waals surface area contributed by atoms with Crippen molar-refractivity contribution < 1.29 is 23.1 Å². The average Bonchev–Trinajstić information content (AvgIpc) is 2.72. The number of aryl methyl sites for hydroxylation is 2. The minimum atomic E-state index is -3.59. The van der Waals surface area contributed by atoms with Crippen LogP contribution >= 0.6 is 0 Å². The lowest BCUT2D eigenvalue weighted by Gasteiger charge is -2.31. The monoisotopic (exact) mass is 436 g/mol. The first-order chi connectivity index (χ1) is 14.2. The second-order valence-corrected chi connectivity index (χ2v) is 10.8. The Morgan fingerprint density at radius 1 is 1.13 bits per heavy atom. The van der Waals surface area contributed by atoms with Gasteiger partial charge >= 0.3 is 5.97 Å². The van der Waals surface area contributed by atoms with Crippen molar-refractivity contribution in [2.75, 3.05) is 13.1 Å². The van der Waals surface area contributed by atoms with E-state index in [1.165, 1.54) is 9.87 Å². The van der Waals surface area contributed by atoms with Crippen molar-refractivity contribution in [2.24, 2.45) is 11.8 Å². The SMILES string of the molecule is CC(C)C[C@@H](NC(=O)C1CCN(S(=O)(=O)c2ccc3c(c2)CCCC3)CC1)C(=O)O. The Balaban J connectivity index is 1.61. The number of nitrogens with zero attached hydrogens (tertiary/aromatic N) is 1. The second-order valence-electron chi connectivity index (χ2n) is 8.84. The molecule has 166 valence electrons. The number of hydrogen-bond acceptors (Lipinski definition) is 4. The number of carbonyl (C=O) groups is 2. The summed E-state index contributed by atoms with van der Waals surface area (Å²) in [5.74, 6) is -1.55. The van der Waals surface area contributed by atoms with Crippen molar-refractivity contribution in [3.8, 4) is 0 Å². The number of rotatable bonds is 7. The summed E-state index contributed by atoms with van der Waals surface area (Å²) in [6.45, 7) is 4.34. The molecule has 3 rings (SSSR count). The summed E-state index contributed by atoms with van der Waals surface area (Å²) < 4.78 is 27.6. The zero-order valence-corrected chi connectivity index (χ0v) is 18.6. The normalized spacial score (nSPS) is 19.3. The molecule has 1 amide bonds. The van der Waals surface area contributed by atoms with Crippen molar-refractivity contribution in [3.63, 3.8) is 0 Å². The van der Waals surface area contributed by atoms with Crippen molar-refractivity contribution in [1.29, 1.82) is 0 Å². The van der Waals surface area contributed by atoms with Gasteiger partial charge in [0.1, 0.15) is 6.04 Å². The first kappa shape index (κ1) is 22.7. The molecular weight excluding hydrogens is 404 g/mol. The molecule has 0 spiro atoms. The molecule has 7 nitrogen and oxygen atoms in total. The largest absolute Gasteiger partial charge is 0.480 e. The van der Waals surface area contributed by atoms with Crippen LogP contribution in [0.5, 0.6) is 0 Å². The summed E-state index contributed by atoms with van der Waals surface area (Å²) in [5, 5.41) is 12.0. The quantitative estimate of drug-likeness (QED) is 0.684. The van der Waals surface area contributed by atoms with Crippen molar-refractivity contribution in [2.45, 2.75) is 69.7 Å². The lowest BCUT2D eigenvalue weighted by atomic mass is 9.92. The molecule has 0 radical (unpaired) electrons. The molecule has 1 fully saturated rings. The summed E-state index contributed by atoms with van der Waals surface area (Å²) in [7, 11) is -3.59. The Kier molecular flexibility index (Phi) is 7.18. The number of sulfonamides is 1. The van der Waals surface area contributed by atoms with Gasteiger partial charge in [0, 0.05) is 19.0 Å². The highest BCUT2D eigenvalue weighted by Gasteiger charge is 2.34. The number of carboxylic acid groups (broad SMARTS) is 1. The molecule has 1 aromatic carbocycles. The number of amides is 1. The minimum absolute atomic E-state index is 0.148. The molecule has 1 aromatic rings. The highest BCUT2D eigenvalue weighted by Crippen LogP contribution is 2.28. The third-order valence-corrected chi connectivity index (χ3v) is 8.00. The molecule has 0 unspecified atom stereocenters. The van der Waals surface area contributed by atoms with E-state index < -0.39 is 22.0 Å². The summed E-state index contributed by atoms with van der Waals surface area (Å²) in [6, 6.07) is 4.53. The van der Waals surface area contributed by atoms with Crippen molar-refractivity contribution in [3.05, 3.63) is 29.3 Å². The van der Waals surface area contributed by atoms with Gasteiger partial charge in [0.25, 0.3) is 0 Å². The van der Waals surface area contributed by atoms with Crippen LogP contribution in [0.2, 0.25) is 0 Å². The zero-order valence-electron chi connectivity index (χ0n) is 17.8. The highest BCUT2D eigenvalue weighted by atomic mass is 32.2. The van der Waals surface area contributed by atoms with Gasteiger partial charge in [-0.2, -0.15) is 4.31 Å². The van der Waals surface area contributed by atoms with E-state index in [2.05, 4.69) is 5.32 Å². The first-order valence-electron chi connectivity index (χ1n) is 10.8. The van der Waals surface area contributed by atoms with Crippen LogP contribution in [0.15, 0.2) is 23.1 Å².